The topological polar surface area (TPSA) is 105 Å². The van der Waals surface area contributed by atoms with E-state index in [9.17, 15) is 27.6 Å². The fourth-order valence-electron chi connectivity index (χ4n) is 4.36. The van der Waals surface area contributed by atoms with Crippen molar-refractivity contribution in [3.8, 4) is 5.75 Å². The van der Waals surface area contributed by atoms with Gasteiger partial charge in [-0.05, 0) is 48.9 Å². The Balaban J connectivity index is 1.60. The van der Waals surface area contributed by atoms with Crippen molar-refractivity contribution in [3.05, 3.63) is 71.3 Å². The van der Waals surface area contributed by atoms with E-state index in [-0.39, 0.29) is 45.1 Å². The van der Waals surface area contributed by atoms with Crippen molar-refractivity contribution < 1.29 is 36.7 Å². The average molecular weight is 562 g/mol. The second-order valence-corrected chi connectivity index (χ2v) is 12.4. The Labute approximate surface area is 220 Å². The lowest BCUT2D eigenvalue weighted by Gasteiger charge is -2.36. The number of benzene rings is 2. The summed E-state index contributed by atoms with van der Waals surface area (Å²) >= 11 is 0. The van der Waals surface area contributed by atoms with Crippen molar-refractivity contribution in [2.75, 3.05) is 29.4 Å². The number of fused-ring (bicyclic) bond motifs is 1. The first kappa shape index (κ1) is 26.3. The highest BCUT2D eigenvalue weighted by atomic mass is 32.3. The summed E-state index contributed by atoms with van der Waals surface area (Å²) in [6, 6.07) is 6.65. The molecule has 2 aliphatic rings. The van der Waals surface area contributed by atoms with Gasteiger partial charge in [0.1, 0.15) is 11.6 Å². The van der Waals surface area contributed by atoms with Crippen LogP contribution in [0, 0.1) is 5.82 Å². The molecule has 202 valence electrons. The molecule has 3 aromatic rings. The van der Waals surface area contributed by atoms with E-state index in [2.05, 4.69) is 15.0 Å². The normalized spacial score (nSPS) is 16.1. The third-order valence-corrected chi connectivity index (χ3v) is 8.90. The predicted molar refractivity (Wildman–Crippen MR) is 135 cm³/mol. The molecular weight excluding hydrogens is 542 g/mol. The van der Waals surface area contributed by atoms with Gasteiger partial charge < -0.3 is 4.74 Å². The molecule has 0 saturated carbocycles. The van der Waals surface area contributed by atoms with Crippen LogP contribution in [-0.4, -0.2) is 52.5 Å². The molecule has 1 aromatic heterocycles. The van der Waals surface area contributed by atoms with Crippen LogP contribution in [0.3, 0.4) is 0 Å². The number of hydrogen-bond donors (Lipinski definition) is 0. The van der Waals surface area contributed by atoms with E-state index in [4.69, 9.17) is 4.74 Å². The van der Waals surface area contributed by atoms with Crippen LogP contribution >= 0.6 is 10.0 Å². The molecule has 5 rings (SSSR count). The third kappa shape index (κ3) is 4.30. The lowest BCUT2D eigenvalue weighted by atomic mass is 10.1. The lowest BCUT2D eigenvalue weighted by molar-refractivity contribution is -0.137. The molecule has 2 aliphatic heterocycles. The van der Waals surface area contributed by atoms with Crippen molar-refractivity contribution in [2.24, 2.45) is 4.99 Å². The fourth-order valence-corrected chi connectivity index (χ4v) is 6.59. The number of aromatic nitrogens is 2. The van der Waals surface area contributed by atoms with Gasteiger partial charge in [-0.1, -0.05) is 0 Å². The van der Waals surface area contributed by atoms with Gasteiger partial charge in [0.25, 0.3) is 5.91 Å². The van der Waals surface area contributed by atoms with Crippen molar-refractivity contribution in [1.29, 1.82) is 0 Å². The minimum Gasteiger partial charge on any atom is -0.496 e. The third-order valence-electron chi connectivity index (χ3n) is 6.30. The van der Waals surface area contributed by atoms with Gasteiger partial charge in [-0.2, -0.15) is 28.2 Å². The van der Waals surface area contributed by atoms with Gasteiger partial charge >= 0.3 is 18.0 Å². The molecule has 0 bridgehead atoms. The maximum Gasteiger partial charge on any atom is 0.416 e. The zero-order chi connectivity index (χ0) is 28.3. The minimum atomic E-state index is -4.67. The molecule has 0 unspecified atom stereocenters. The molecule has 39 heavy (non-hydrogen) atoms. The molecule has 0 atom stereocenters. The number of aliphatic imine (C=N–C) groups is 1. The van der Waals surface area contributed by atoms with E-state index >= 15 is 4.39 Å². The van der Waals surface area contributed by atoms with Gasteiger partial charge in [0.2, 0.25) is 5.95 Å². The smallest absolute Gasteiger partial charge is 0.416 e. The molecule has 0 spiro atoms. The summed E-state index contributed by atoms with van der Waals surface area (Å²) in [6.07, 6.45) is 1.24. The van der Waals surface area contributed by atoms with Gasteiger partial charge in [-0.25, -0.2) is 14.4 Å². The van der Waals surface area contributed by atoms with Crippen LogP contribution in [0.4, 0.5) is 29.2 Å². The summed E-state index contributed by atoms with van der Waals surface area (Å²) < 4.78 is 61.2. The first-order valence-electron chi connectivity index (χ1n) is 11.2. The molecule has 3 amide bonds. The van der Waals surface area contributed by atoms with Gasteiger partial charge in [-0.15, -0.1) is 0 Å². The minimum absolute atomic E-state index is 0.0406. The molecule has 14 heteroatoms. The van der Waals surface area contributed by atoms with Crippen molar-refractivity contribution >= 4 is 44.6 Å². The monoisotopic (exact) mass is 561 g/mol. The fraction of sp³-hybridized carbons (Fsp3) is 0.200. The van der Waals surface area contributed by atoms with Crippen molar-refractivity contribution in [3.63, 3.8) is 0 Å². The van der Waals surface area contributed by atoms with Crippen molar-refractivity contribution in [2.45, 2.75) is 17.6 Å². The maximum absolute atomic E-state index is 15.3. The van der Waals surface area contributed by atoms with Gasteiger partial charge in [0.15, 0.2) is 5.17 Å². The summed E-state index contributed by atoms with van der Waals surface area (Å²) in [5.41, 5.74) is -1.16. The second-order valence-electron chi connectivity index (χ2n) is 8.92. The van der Waals surface area contributed by atoms with E-state index < -0.39 is 45.3 Å². The van der Waals surface area contributed by atoms with Gasteiger partial charge in [0, 0.05) is 22.9 Å². The average Bonchev–Trinajstić information content (AvgIpc) is 3.40. The van der Waals surface area contributed by atoms with Gasteiger partial charge in [-0.3, -0.25) is 24.2 Å². The number of methoxy groups -OCH3 is 1. The maximum atomic E-state index is 15.3. The highest BCUT2D eigenvalue weighted by molar-refractivity contribution is 8.44. The Hall–Kier alpha value is -4.33. The Morgan fingerprint density at radius 3 is 2.33 bits per heavy atom. The molecule has 3 heterocycles. The predicted octanol–water partition coefficient (Wildman–Crippen LogP) is 4.16. The molecule has 0 radical (unpaired) electrons. The summed E-state index contributed by atoms with van der Waals surface area (Å²) in [5, 5.41) is -0.178. The number of rotatable bonds is 4. The Kier molecular flexibility index (Phi) is 6.17. The summed E-state index contributed by atoms with van der Waals surface area (Å²) in [7, 11) is -1.38. The molecule has 0 fully saturated rings. The molecule has 0 N–H and O–H groups in total. The molecule has 9 nitrogen and oxygen atoms in total. The number of halogens is 4. The highest BCUT2D eigenvalue weighted by Gasteiger charge is 2.44. The van der Waals surface area contributed by atoms with Crippen LogP contribution in [0.25, 0.3) is 0 Å². The largest absolute Gasteiger partial charge is 0.496 e. The number of anilines is 2. The summed E-state index contributed by atoms with van der Waals surface area (Å²) in [5.74, 6) is -3.62. The molecule has 2 aromatic carbocycles. The van der Waals surface area contributed by atoms with Crippen LogP contribution in [0.2, 0.25) is 0 Å². The number of carbonyl (C=O) groups is 3. The second kappa shape index (κ2) is 9.15. The number of alkyl halides is 3. The number of carbonyl (C=O) groups excluding carboxylic acids is 3. The van der Waals surface area contributed by atoms with Crippen LogP contribution < -0.4 is 14.5 Å². The van der Waals surface area contributed by atoms with E-state index in [1.165, 1.54) is 38.1 Å². The zero-order valence-corrected chi connectivity index (χ0v) is 21.4. The summed E-state index contributed by atoms with van der Waals surface area (Å²) in [4.78, 5) is 52.6. The van der Waals surface area contributed by atoms with Crippen LogP contribution in [0.15, 0.2) is 58.7 Å². The molecule has 0 aliphatic carbocycles. The van der Waals surface area contributed by atoms with Crippen LogP contribution in [-0.2, 0) is 22.3 Å². The lowest BCUT2D eigenvalue weighted by Crippen LogP contribution is -2.36. The number of amides is 3. The molecular formula is C25H19F4N5O4S. The Bertz CT molecular complexity index is 1580. The Morgan fingerprint density at radius 2 is 1.69 bits per heavy atom. The van der Waals surface area contributed by atoms with Crippen molar-refractivity contribution in [1.82, 2.24) is 9.97 Å². The zero-order valence-electron chi connectivity index (χ0n) is 20.6. The number of amidine groups is 1. The van der Waals surface area contributed by atoms with Crippen LogP contribution in [0.1, 0.15) is 21.5 Å². The SMILES string of the molecule is COc1ccc(C(F)(F)F)cc1S(C)(C)C1=NC(=O)C(=O)N1c1cc(F)c2c(c1)C(=O)N(c1ncccn1)C2. The van der Waals surface area contributed by atoms with E-state index in [1.807, 2.05) is 0 Å². The van der Waals surface area contributed by atoms with Crippen LogP contribution in [0.5, 0.6) is 5.75 Å². The van der Waals surface area contributed by atoms with E-state index in [1.54, 1.807) is 6.07 Å². The van der Waals surface area contributed by atoms with Gasteiger partial charge in [0.05, 0.1) is 30.5 Å². The molecule has 0 saturated heterocycles. The summed E-state index contributed by atoms with van der Waals surface area (Å²) in [6.45, 7) is -0.156. The first-order chi connectivity index (χ1) is 18.3. The number of ether oxygens (including phenoxy) is 1. The number of nitrogens with zero attached hydrogens (tertiary/aromatic N) is 5. The first-order valence-corrected chi connectivity index (χ1v) is 13.7. The highest BCUT2D eigenvalue weighted by Crippen LogP contribution is 2.57. The number of hydrogen-bond acceptors (Lipinski definition) is 6. The van der Waals surface area contributed by atoms with E-state index in [0.29, 0.717) is 0 Å². The van der Waals surface area contributed by atoms with E-state index in [0.717, 1.165) is 34.1 Å². The quantitative estimate of drug-likeness (QED) is 0.350. The standard InChI is InChI=1S/C25H19F4N5O4S/c1-38-18-6-5-13(25(27,28)29)9-19(18)39(2,3)24-32-20(35)22(37)34(24)14-10-15-16(17(26)11-14)12-33(21(15)36)23-30-7-4-8-31-23/h4-11H,12H2,1-3H3. The Morgan fingerprint density at radius 1 is 1.00 bits per heavy atom.